The molecule has 0 spiro atoms. The molecule has 24 heavy (non-hydrogen) atoms. The van der Waals surface area contributed by atoms with Gasteiger partial charge in [-0.05, 0) is 49.2 Å². The molecule has 0 aliphatic heterocycles. The summed E-state index contributed by atoms with van der Waals surface area (Å²) in [4.78, 5) is 23.7. The Morgan fingerprint density at radius 3 is 2.62 bits per heavy atom. The van der Waals surface area contributed by atoms with Gasteiger partial charge in [0.25, 0.3) is 11.6 Å². The molecule has 2 aromatic carbocycles. The predicted molar refractivity (Wildman–Crippen MR) is 97.1 cm³/mol. The fourth-order valence-corrected chi connectivity index (χ4v) is 3.11. The number of benzene rings is 2. The Labute approximate surface area is 149 Å². The molecule has 7 heteroatoms. The minimum atomic E-state index is -0.607. The molecule has 0 saturated carbocycles. The Morgan fingerprint density at radius 2 is 1.96 bits per heavy atom. The van der Waals surface area contributed by atoms with Gasteiger partial charge >= 0.3 is 0 Å². The summed E-state index contributed by atoms with van der Waals surface area (Å²) in [5, 5.41) is 13.9. The number of nitro groups is 1. The topological polar surface area (TPSA) is 72.2 Å². The predicted octanol–water partition coefficient (Wildman–Crippen LogP) is 4.39. The van der Waals surface area contributed by atoms with Gasteiger partial charge in [0.15, 0.2) is 0 Å². The van der Waals surface area contributed by atoms with E-state index in [0.717, 1.165) is 4.90 Å². The average Bonchev–Trinajstić information content (AvgIpc) is 2.54. The second-order valence-corrected chi connectivity index (χ2v) is 6.87. The lowest BCUT2D eigenvalue weighted by Gasteiger charge is -2.07. The summed E-state index contributed by atoms with van der Waals surface area (Å²) in [5.41, 5.74) is 2.19. The summed E-state index contributed by atoms with van der Waals surface area (Å²) in [5.74, 6) is 0.203. The summed E-state index contributed by atoms with van der Waals surface area (Å²) in [6.45, 7) is 4.53. The van der Waals surface area contributed by atoms with Crippen molar-refractivity contribution in [2.45, 2.75) is 18.7 Å². The number of halogens is 1. The van der Waals surface area contributed by atoms with Gasteiger partial charge < -0.3 is 5.32 Å². The monoisotopic (exact) mass is 364 g/mol. The van der Waals surface area contributed by atoms with E-state index < -0.39 is 10.8 Å². The molecule has 2 aromatic rings. The van der Waals surface area contributed by atoms with Crippen molar-refractivity contribution in [2.75, 3.05) is 12.3 Å². The highest BCUT2D eigenvalue weighted by Crippen LogP contribution is 2.23. The number of carbonyl (C=O) groups is 1. The van der Waals surface area contributed by atoms with Crippen LogP contribution in [0.1, 0.15) is 21.5 Å². The molecule has 0 bridgehead atoms. The Bertz CT molecular complexity index is 780. The number of thioether (sulfide) groups is 1. The first-order valence-electron chi connectivity index (χ1n) is 7.30. The molecule has 0 aliphatic carbocycles. The molecule has 0 unspecified atom stereocenters. The fourth-order valence-electron chi connectivity index (χ4n) is 2.08. The maximum Gasteiger partial charge on any atom is 0.283 e. The van der Waals surface area contributed by atoms with E-state index in [2.05, 4.69) is 31.3 Å². The molecule has 1 N–H and O–H groups in total. The van der Waals surface area contributed by atoms with Gasteiger partial charge in [-0.15, -0.1) is 11.8 Å². The van der Waals surface area contributed by atoms with Crippen LogP contribution in [0, 0.1) is 24.0 Å². The molecule has 0 aromatic heterocycles. The summed E-state index contributed by atoms with van der Waals surface area (Å²) in [7, 11) is 0. The first-order chi connectivity index (χ1) is 11.4. The van der Waals surface area contributed by atoms with Gasteiger partial charge in [-0.1, -0.05) is 17.7 Å². The van der Waals surface area contributed by atoms with Gasteiger partial charge in [0.05, 0.1) is 4.92 Å². The van der Waals surface area contributed by atoms with E-state index >= 15 is 0 Å². The number of nitrogens with one attached hydrogen (secondary N) is 1. The second kappa shape index (κ2) is 8.17. The maximum absolute atomic E-state index is 12.1. The SMILES string of the molecule is Cc1ccc(SCCNC(=O)c2ccc(Cl)cc2[N+](=O)[O-])cc1C. The van der Waals surface area contributed by atoms with E-state index in [9.17, 15) is 14.9 Å². The molecular formula is C17H17ClN2O3S. The van der Waals surface area contributed by atoms with Crippen molar-refractivity contribution >= 4 is 35.0 Å². The number of aryl methyl sites for hydroxylation is 2. The van der Waals surface area contributed by atoms with Crippen LogP contribution in [-0.2, 0) is 0 Å². The maximum atomic E-state index is 12.1. The second-order valence-electron chi connectivity index (χ2n) is 5.27. The van der Waals surface area contributed by atoms with Crippen molar-refractivity contribution < 1.29 is 9.72 Å². The molecule has 0 fully saturated rings. The van der Waals surface area contributed by atoms with Crippen LogP contribution < -0.4 is 5.32 Å². The Balaban J connectivity index is 1.92. The van der Waals surface area contributed by atoms with E-state index in [1.807, 2.05) is 6.07 Å². The van der Waals surface area contributed by atoms with Crippen LogP contribution in [0.4, 0.5) is 5.69 Å². The zero-order valence-corrected chi connectivity index (χ0v) is 14.9. The molecule has 5 nitrogen and oxygen atoms in total. The summed E-state index contributed by atoms with van der Waals surface area (Å²) < 4.78 is 0. The van der Waals surface area contributed by atoms with Gasteiger partial charge in [0.1, 0.15) is 5.56 Å². The van der Waals surface area contributed by atoms with Crippen molar-refractivity contribution in [3.63, 3.8) is 0 Å². The highest BCUT2D eigenvalue weighted by molar-refractivity contribution is 7.99. The van der Waals surface area contributed by atoms with E-state index in [1.54, 1.807) is 11.8 Å². The van der Waals surface area contributed by atoms with Crippen LogP contribution in [0.25, 0.3) is 0 Å². The number of nitro benzene ring substituents is 1. The first kappa shape index (κ1) is 18.3. The van der Waals surface area contributed by atoms with Gasteiger partial charge in [-0.25, -0.2) is 0 Å². The Kier molecular flexibility index (Phi) is 6.23. The van der Waals surface area contributed by atoms with Crippen LogP contribution in [0.3, 0.4) is 0 Å². The smallest absolute Gasteiger partial charge is 0.283 e. The molecule has 0 aliphatic rings. The summed E-state index contributed by atoms with van der Waals surface area (Å²) in [6.07, 6.45) is 0. The highest BCUT2D eigenvalue weighted by atomic mass is 35.5. The lowest BCUT2D eigenvalue weighted by atomic mass is 10.1. The van der Waals surface area contributed by atoms with Crippen molar-refractivity contribution in [2.24, 2.45) is 0 Å². The normalized spacial score (nSPS) is 10.5. The summed E-state index contributed by atoms with van der Waals surface area (Å²) in [6, 6.07) is 10.2. The number of amides is 1. The standard InChI is InChI=1S/C17H17ClN2O3S/c1-11-3-5-14(9-12(11)2)24-8-7-19-17(21)15-6-4-13(18)10-16(15)20(22)23/h3-6,9-10H,7-8H2,1-2H3,(H,19,21). The van der Waals surface area contributed by atoms with Gasteiger partial charge in [-0.2, -0.15) is 0 Å². The van der Waals surface area contributed by atoms with Gasteiger partial charge in [0, 0.05) is 28.3 Å². The van der Waals surface area contributed by atoms with E-state index in [1.165, 1.54) is 29.3 Å². The van der Waals surface area contributed by atoms with Gasteiger partial charge in [0.2, 0.25) is 0 Å². The minimum absolute atomic E-state index is 0.0144. The third-order valence-electron chi connectivity index (χ3n) is 3.54. The lowest BCUT2D eigenvalue weighted by Crippen LogP contribution is -2.26. The van der Waals surface area contributed by atoms with Crippen LogP contribution >= 0.6 is 23.4 Å². The number of carbonyl (C=O) groups excluding carboxylic acids is 1. The van der Waals surface area contributed by atoms with Crippen molar-refractivity contribution in [1.82, 2.24) is 5.32 Å². The van der Waals surface area contributed by atoms with Crippen LogP contribution in [-0.4, -0.2) is 23.1 Å². The number of hydrogen-bond donors (Lipinski definition) is 1. The highest BCUT2D eigenvalue weighted by Gasteiger charge is 2.20. The van der Waals surface area contributed by atoms with E-state index in [0.29, 0.717) is 12.3 Å². The quantitative estimate of drug-likeness (QED) is 0.357. The first-order valence-corrected chi connectivity index (χ1v) is 8.67. The van der Waals surface area contributed by atoms with Crippen molar-refractivity contribution in [1.29, 1.82) is 0 Å². The number of rotatable bonds is 6. The molecule has 1 amide bonds. The minimum Gasteiger partial charge on any atom is -0.351 e. The molecule has 126 valence electrons. The molecular weight excluding hydrogens is 348 g/mol. The van der Waals surface area contributed by atoms with Crippen LogP contribution in [0.15, 0.2) is 41.3 Å². The zero-order valence-electron chi connectivity index (χ0n) is 13.3. The van der Waals surface area contributed by atoms with E-state index in [4.69, 9.17) is 11.6 Å². The third-order valence-corrected chi connectivity index (χ3v) is 4.77. The van der Waals surface area contributed by atoms with Crippen LogP contribution in [0.5, 0.6) is 0 Å². The van der Waals surface area contributed by atoms with Crippen molar-refractivity contribution in [3.05, 3.63) is 68.2 Å². The Morgan fingerprint density at radius 1 is 1.21 bits per heavy atom. The third kappa shape index (κ3) is 4.72. The zero-order chi connectivity index (χ0) is 17.7. The lowest BCUT2D eigenvalue weighted by molar-refractivity contribution is -0.385. The molecule has 0 heterocycles. The fraction of sp³-hybridized carbons (Fsp3) is 0.235. The van der Waals surface area contributed by atoms with Crippen LogP contribution in [0.2, 0.25) is 5.02 Å². The average molecular weight is 365 g/mol. The number of hydrogen-bond acceptors (Lipinski definition) is 4. The molecule has 0 radical (unpaired) electrons. The van der Waals surface area contributed by atoms with Gasteiger partial charge in [-0.3, -0.25) is 14.9 Å². The van der Waals surface area contributed by atoms with E-state index in [-0.39, 0.29) is 16.3 Å². The molecule has 0 saturated heterocycles. The molecule has 0 atom stereocenters. The largest absolute Gasteiger partial charge is 0.351 e. The van der Waals surface area contributed by atoms with Crippen molar-refractivity contribution in [3.8, 4) is 0 Å². The summed E-state index contributed by atoms with van der Waals surface area (Å²) >= 11 is 7.37. The molecule has 2 rings (SSSR count). The Hall–Kier alpha value is -2.05. The number of nitrogens with zero attached hydrogens (tertiary/aromatic N) is 1.